The van der Waals surface area contributed by atoms with Gasteiger partial charge < -0.3 is 5.11 Å². The average molecular weight is 410 g/mol. The van der Waals surface area contributed by atoms with Gasteiger partial charge in [-0.2, -0.15) is 0 Å². The molecular weight excluding hydrogens is 392 g/mol. The zero-order chi connectivity index (χ0) is 19.9. The maximum absolute atomic E-state index is 12.2. The van der Waals surface area contributed by atoms with Gasteiger partial charge in [0, 0.05) is 24.4 Å². The van der Waals surface area contributed by atoms with Gasteiger partial charge in [0.15, 0.2) is 0 Å². The lowest BCUT2D eigenvalue weighted by Gasteiger charge is -2.12. The van der Waals surface area contributed by atoms with Gasteiger partial charge in [-0.3, -0.25) is 14.9 Å². The quantitative estimate of drug-likeness (QED) is 0.349. The number of sulfonamides is 1. The molecule has 0 aliphatic carbocycles. The summed E-state index contributed by atoms with van der Waals surface area (Å²) in [5.74, 6) is -0.683. The number of hydrogen-bond acceptors (Lipinski definition) is 6. The van der Waals surface area contributed by atoms with E-state index in [2.05, 4.69) is 4.72 Å². The highest BCUT2D eigenvalue weighted by atomic mass is 32.2. The summed E-state index contributed by atoms with van der Waals surface area (Å²) in [5, 5.41) is 19.3. The fourth-order valence-corrected chi connectivity index (χ4v) is 4.37. The summed E-state index contributed by atoms with van der Waals surface area (Å²) in [6.07, 6.45) is 0.343. The molecule has 0 aliphatic heterocycles. The summed E-state index contributed by atoms with van der Waals surface area (Å²) < 4.78 is 26.7. The van der Waals surface area contributed by atoms with E-state index in [-0.39, 0.29) is 22.9 Å². The monoisotopic (exact) mass is 410 g/mol. The number of thioether (sulfide) groups is 1. The first kappa shape index (κ1) is 20.9. The van der Waals surface area contributed by atoms with Crippen molar-refractivity contribution >= 4 is 33.4 Å². The van der Waals surface area contributed by atoms with E-state index >= 15 is 0 Å². The second-order valence-corrected chi connectivity index (χ2v) is 8.61. The molecule has 2 aromatic rings. The van der Waals surface area contributed by atoms with Crippen LogP contribution in [0.1, 0.15) is 5.56 Å². The Hall–Kier alpha value is -2.43. The number of hydrogen-bond donors (Lipinski definition) is 2. The Morgan fingerprint density at radius 1 is 1.15 bits per heavy atom. The van der Waals surface area contributed by atoms with Gasteiger partial charge >= 0.3 is 5.97 Å². The number of carbonyl (C=O) groups is 1. The third kappa shape index (κ3) is 6.35. The maximum atomic E-state index is 12.2. The molecule has 0 saturated heterocycles. The van der Waals surface area contributed by atoms with Crippen molar-refractivity contribution in [3.05, 3.63) is 70.3 Å². The van der Waals surface area contributed by atoms with Crippen LogP contribution in [0.25, 0.3) is 0 Å². The summed E-state index contributed by atoms with van der Waals surface area (Å²) in [5.41, 5.74) is 0.693. The van der Waals surface area contributed by atoms with Crippen LogP contribution in [0, 0.1) is 10.1 Å². The highest BCUT2D eigenvalue weighted by Gasteiger charge is 2.19. The molecule has 2 aromatic carbocycles. The average Bonchev–Trinajstić information content (AvgIpc) is 2.65. The van der Waals surface area contributed by atoms with Crippen molar-refractivity contribution in [1.82, 2.24) is 4.72 Å². The molecule has 10 heteroatoms. The van der Waals surface area contributed by atoms with Crippen molar-refractivity contribution in [1.29, 1.82) is 0 Å². The number of non-ortho nitro benzene ring substituents is 1. The lowest BCUT2D eigenvalue weighted by atomic mass is 10.1. The van der Waals surface area contributed by atoms with E-state index < -0.39 is 26.2 Å². The molecule has 144 valence electrons. The third-order valence-corrected chi connectivity index (χ3v) is 6.30. The normalized spacial score (nSPS) is 12.4. The molecule has 0 amide bonds. The van der Waals surface area contributed by atoms with Crippen molar-refractivity contribution in [2.45, 2.75) is 16.6 Å². The first-order valence-electron chi connectivity index (χ1n) is 7.92. The fourth-order valence-electron chi connectivity index (χ4n) is 2.25. The van der Waals surface area contributed by atoms with Crippen LogP contribution in [0.4, 0.5) is 5.69 Å². The molecule has 0 bridgehead atoms. The Morgan fingerprint density at radius 3 is 2.33 bits per heavy atom. The first-order chi connectivity index (χ1) is 12.8. The van der Waals surface area contributed by atoms with Gasteiger partial charge in [-0.05, 0) is 24.1 Å². The summed E-state index contributed by atoms with van der Waals surface area (Å²) in [6.45, 7) is 0.0442. The van der Waals surface area contributed by atoms with E-state index in [1.807, 2.05) is 30.3 Å². The Morgan fingerprint density at radius 2 is 1.78 bits per heavy atom. The second-order valence-electron chi connectivity index (χ2n) is 5.54. The highest BCUT2D eigenvalue weighted by molar-refractivity contribution is 8.00. The lowest BCUT2D eigenvalue weighted by molar-refractivity contribution is -0.384. The van der Waals surface area contributed by atoms with Crippen molar-refractivity contribution < 1.29 is 23.2 Å². The number of benzene rings is 2. The number of nitro groups is 1. The van der Waals surface area contributed by atoms with Crippen LogP contribution in [-0.2, 0) is 21.2 Å². The van der Waals surface area contributed by atoms with Gasteiger partial charge in [0.2, 0.25) is 10.0 Å². The van der Waals surface area contributed by atoms with Crippen LogP contribution in [0.15, 0.2) is 59.5 Å². The van der Waals surface area contributed by atoms with Gasteiger partial charge in [-0.25, -0.2) is 13.1 Å². The van der Waals surface area contributed by atoms with Gasteiger partial charge in [-0.1, -0.05) is 30.3 Å². The van der Waals surface area contributed by atoms with E-state index in [9.17, 15) is 28.4 Å². The van der Waals surface area contributed by atoms with Crippen LogP contribution in [-0.4, -0.2) is 42.0 Å². The van der Waals surface area contributed by atoms with Gasteiger partial charge in [-0.15, -0.1) is 11.8 Å². The highest BCUT2D eigenvalue weighted by Crippen LogP contribution is 2.18. The Balaban J connectivity index is 1.88. The van der Waals surface area contributed by atoms with E-state index in [0.29, 0.717) is 6.42 Å². The van der Waals surface area contributed by atoms with Crippen LogP contribution in [0.5, 0.6) is 0 Å². The summed E-state index contributed by atoms with van der Waals surface area (Å²) in [7, 11) is -3.81. The molecule has 2 rings (SSSR count). The standard InChI is InChI=1S/C17H18N2O6S2/c20-17(21)16(12-13-4-2-1-3-5-13)26-11-10-18-27(24,25)15-8-6-14(7-9-15)19(22)23/h1-9,16,18H,10-12H2,(H,20,21). The van der Waals surface area contributed by atoms with Crippen molar-refractivity contribution in [2.24, 2.45) is 0 Å². The Kier molecular flexibility index (Phi) is 7.34. The first-order valence-corrected chi connectivity index (χ1v) is 10.5. The summed E-state index contributed by atoms with van der Waals surface area (Å²) in [6, 6.07) is 13.7. The molecule has 0 aliphatic rings. The molecule has 0 heterocycles. The van der Waals surface area contributed by atoms with Crippen molar-refractivity contribution in [3.63, 3.8) is 0 Å². The SMILES string of the molecule is O=C(O)C(Cc1ccccc1)SCCNS(=O)(=O)c1ccc([N+](=O)[O-])cc1. The topological polar surface area (TPSA) is 127 Å². The molecule has 0 fully saturated rings. The molecule has 2 N–H and O–H groups in total. The Labute approximate surface area is 160 Å². The fraction of sp³-hybridized carbons (Fsp3) is 0.235. The molecule has 27 heavy (non-hydrogen) atoms. The molecule has 0 saturated carbocycles. The molecular formula is C17H18N2O6S2. The van der Waals surface area contributed by atoms with Crippen LogP contribution >= 0.6 is 11.8 Å². The van der Waals surface area contributed by atoms with Crippen LogP contribution in [0.3, 0.4) is 0 Å². The minimum atomic E-state index is -3.81. The number of carboxylic acid groups (broad SMARTS) is 1. The summed E-state index contributed by atoms with van der Waals surface area (Å²) in [4.78, 5) is 21.3. The second kappa shape index (κ2) is 9.49. The molecule has 8 nitrogen and oxygen atoms in total. The minimum Gasteiger partial charge on any atom is -0.480 e. The number of nitrogens with one attached hydrogen (secondary N) is 1. The Bertz CT molecular complexity index is 885. The number of nitrogens with zero attached hydrogens (tertiary/aromatic N) is 1. The van der Waals surface area contributed by atoms with E-state index in [1.54, 1.807) is 0 Å². The maximum Gasteiger partial charge on any atom is 0.316 e. The zero-order valence-corrected chi connectivity index (χ0v) is 15.8. The molecule has 1 unspecified atom stereocenters. The molecule has 1 atom stereocenters. The number of nitro benzene ring substituents is 1. The van der Waals surface area contributed by atoms with Crippen molar-refractivity contribution in [3.8, 4) is 0 Å². The third-order valence-electron chi connectivity index (χ3n) is 3.61. The van der Waals surface area contributed by atoms with E-state index in [4.69, 9.17) is 0 Å². The molecule has 0 radical (unpaired) electrons. The van der Waals surface area contributed by atoms with Crippen molar-refractivity contribution in [2.75, 3.05) is 12.3 Å². The van der Waals surface area contributed by atoms with E-state index in [1.165, 1.54) is 0 Å². The largest absolute Gasteiger partial charge is 0.480 e. The van der Waals surface area contributed by atoms with Gasteiger partial charge in [0.25, 0.3) is 5.69 Å². The zero-order valence-electron chi connectivity index (χ0n) is 14.1. The molecule has 0 aromatic heterocycles. The molecule has 0 spiro atoms. The number of rotatable bonds is 10. The van der Waals surface area contributed by atoms with E-state index in [0.717, 1.165) is 41.6 Å². The van der Waals surface area contributed by atoms with Crippen LogP contribution < -0.4 is 4.72 Å². The van der Waals surface area contributed by atoms with Gasteiger partial charge in [0.1, 0.15) is 5.25 Å². The summed E-state index contributed by atoms with van der Waals surface area (Å²) >= 11 is 1.15. The minimum absolute atomic E-state index is 0.0442. The smallest absolute Gasteiger partial charge is 0.316 e. The lowest BCUT2D eigenvalue weighted by Crippen LogP contribution is -2.28. The predicted molar refractivity (Wildman–Crippen MR) is 102 cm³/mol. The van der Waals surface area contributed by atoms with Crippen LogP contribution in [0.2, 0.25) is 0 Å². The number of aliphatic carboxylic acids is 1. The number of carboxylic acids is 1. The van der Waals surface area contributed by atoms with Gasteiger partial charge in [0.05, 0.1) is 9.82 Å². The predicted octanol–water partition coefficient (Wildman–Crippen LogP) is 2.30.